The first-order valence-electron chi connectivity index (χ1n) is 8.36. The second-order valence-corrected chi connectivity index (χ2v) is 8.25. The molecule has 2 aromatic carbocycles. The molecule has 1 atom stereocenters. The largest absolute Gasteiger partial charge is 0.514 e. The van der Waals surface area contributed by atoms with Crippen molar-refractivity contribution in [2.75, 3.05) is 5.32 Å². The number of benzene rings is 2. The number of aliphatic hydroxyl groups is 1. The van der Waals surface area contributed by atoms with Crippen molar-refractivity contribution < 1.29 is 19.4 Å². The number of hydrogen-bond donors (Lipinski definition) is 2. The van der Waals surface area contributed by atoms with Crippen LogP contribution < -0.4 is 10.1 Å². The summed E-state index contributed by atoms with van der Waals surface area (Å²) in [5.41, 5.74) is -1.36. The highest BCUT2D eigenvalue weighted by molar-refractivity contribution is 6.58. The summed E-state index contributed by atoms with van der Waals surface area (Å²) in [5.74, 6) is -0.510. The van der Waals surface area contributed by atoms with Gasteiger partial charge in [-0.3, -0.25) is 9.59 Å². The van der Waals surface area contributed by atoms with Gasteiger partial charge in [0.25, 0.3) is 5.91 Å². The van der Waals surface area contributed by atoms with Gasteiger partial charge in [0.05, 0.1) is 17.1 Å². The quantitative estimate of drug-likeness (QED) is 0.558. The molecule has 2 aromatic rings. The summed E-state index contributed by atoms with van der Waals surface area (Å²) in [6.07, 6.45) is -0.453. The number of fused-ring (bicyclic) bond motifs is 1. The third-order valence-corrected chi connectivity index (χ3v) is 4.78. The summed E-state index contributed by atoms with van der Waals surface area (Å²) in [4.78, 5) is 25.1. The fourth-order valence-corrected chi connectivity index (χ4v) is 3.49. The smallest absolute Gasteiger partial charge is 0.261 e. The molecular formula is C17H16B3Cl2NO4. The molecule has 0 saturated carbocycles. The van der Waals surface area contributed by atoms with Crippen LogP contribution in [-0.2, 0) is 10.4 Å². The van der Waals surface area contributed by atoms with Crippen molar-refractivity contribution in [3.63, 3.8) is 0 Å². The van der Waals surface area contributed by atoms with E-state index in [0.29, 0.717) is 11.3 Å². The normalized spacial score (nSPS) is 18.7. The third kappa shape index (κ3) is 3.88. The van der Waals surface area contributed by atoms with Gasteiger partial charge in [0.15, 0.2) is 11.4 Å². The molecule has 2 N–H and O–H groups in total. The van der Waals surface area contributed by atoms with Gasteiger partial charge in [-0.1, -0.05) is 23.2 Å². The van der Waals surface area contributed by atoms with E-state index in [0.717, 1.165) is 0 Å². The lowest BCUT2D eigenvalue weighted by Gasteiger charge is -2.22. The molecule has 3 rings (SSSR count). The minimum Gasteiger partial charge on any atom is -0.514 e. The Morgan fingerprint density at radius 2 is 1.70 bits per heavy atom. The molecular weight excluding hydrogens is 386 g/mol. The van der Waals surface area contributed by atoms with Crippen LogP contribution in [-0.4, -0.2) is 45.6 Å². The van der Waals surface area contributed by atoms with Crippen LogP contribution in [0.5, 0.6) is 5.75 Å². The number of ketones is 1. The van der Waals surface area contributed by atoms with E-state index >= 15 is 0 Å². The summed E-state index contributed by atoms with van der Waals surface area (Å²) in [6, 6.07) is 9.55. The molecule has 1 amide bonds. The number of amides is 1. The van der Waals surface area contributed by atoms with Gasteiger partial charge in [0.2, 0.25) is 0 Å². The topological polar surface area (TPSA) is 75.6 Å². The molecule has 0 spiro atoms. The summed E-state index contributed by atoms with van der Waals surface area (Å²) in [7, 11) is 5.77. The molecule has 0 radical (unpaired) electrons. The van der Waals surface area contributed by atoms with Crippen molar-refractivity contribution >= 4 is 64.1 Å². The van der Waals surface area contributed by atoms with Gasteiger partial charge in [-0.15, -0.1) is 0 Å². The lowest BCUT2D eigenvalue weighted by Crippen LogP contribution is -2.37. The van der Waals surface area contributed by atoms with Gasteiger partial charge < -0.3 is 15.2 Å². The van der Waals surface area contributed by atoms with Gasteiger partial charge in [-0.05, 0) is 36.4 Å². The average molecular weight is 402 g/mol. The van der Waals surface area contributed by atoms with E-state index in [4.69, 9.17) is 27.9 Å². The molecule has 0 saturated heterocycles. The Hall–Kier alpha value is -1.89. The third-order valence-electron chi connectivity index (χ3n) is 4.15. The number of ether oxygens (including phenoxy) is 1. The van der Waals surface area contributed by atoms with Crippen LogP contribution in [0.2, 0.25) is 10.0 Å². The van der Waals surface area contributed by atoms with Crippen molar-refractivity contribution in [2.45, 2.75) is 17.3 Å². The molecule has 136 valence electrons. The van der Waals surface area contributed by atoms with Crippen LogP contribution in [0.25, 0.3) is 0 Å². The van der Waals surface area contributed by atoms with Crippen LogP contribution in [0.15, 0.2) is 36.4 Å². The van der Waals surface area contributed by atoms with E-state index in [1.807, 2.05) is 23.5 Å². The number of carbonyl (C=O) groups excluding carboxylic acids is 2. The SMILES string of the molecule is BC(B)(B)Oc1ccc(C(=O)CC2(O)C(=O)Nc3c(Cl)ccc(Cl)c32)cc1. The molecule has 27 heavy (non-hydrogen) atoms. The van der Waals surface area contributed by atoms with Crippen LogP contribution in [0, 0.1) is 0 Å². The van der Waals surface area contributed by atoms with Gasteiger partial charge >= 0.3 is 0 Å². The van der Waals surface area contributed by atoms with Crippen molar-refractivity contribution in [3.05, 3.63) is 57.6 Å². The molecule has 0 bridgehead atoms. The molecule has 10 heteroatoms. The highest BCUT2D eigenvalue weighted by atomic mass is 35.5. The maximum Gasteiger partial charge on any atom is 0.261 e. The summed E-state index contributed by atoms with van der Waals surface area (Å²) in [6.45, 7) is 0. The van der Waals surface area contributed by atoms with Gasteiger partial charge in [-0.2, -0.15) is 0 Å². The van der Waals surface area contributed by atoms with E-state index in [-0.39, 0.29) is 26.6 Å². The fraction of sp³-hybridized carbons (Fsp3) is 0.176. The van der Waals surface area contributed by atoms with E-state index < -0.39 is 23.7 Å². The average Bonchev–Trinajstić information content (AvgIpc) is 2.83. The molecule has 0 fully saturated rings. The monoisotopic (exact) mass is 401 g/mol. The van der Waals surface area contributed by atoms with Crippen molar-refractivity contribution in [1.82, 2.24) is 0 Å². The zero-order chi connectivity index (χ0) is 20.0. The predicted molar refractivity (Wildman–Crippen MR) is 113 cm³/mol. The second-order valence-electron chi connectivity index (χ2n) is 7.43. The highest BCUT2D eigenvalue weighted by Gasteiger charge is 2.49. The Morgan fingerprint density at radius 3 is 2.30 bits per heavy atom. The summed E-state index contributed by atoms with van der Waals surface area (Å²) >= 11 is 12.2. The first-order chi connectivity index (χ1) is 12.5. The van der Waals surface area contributed by atoms with Crippen molar-refractivity contribution in [1.29, 1.82) is 0 Å². The molecule has 5 nitrogen and oxygen atoms in total. The number of nitrogens with one attached hydrogen (secondary N) is 1. The molecule has 1 aliphatic rings. The zero-order valence-electron chi connectivity index (χ0n) is 15.1. The molecule has 1 heterocycles. The van der Waals surface area contributed by atoms with Crippen LogP contribution >= 0.6 is 23.2 Å². The predicted octanol–water partition coefficient (Wildman–Crippen LogP) is 0.295. The summed E-state index contributed by atoms with van der Waals surface area (Å²) in [5, 5.41) is 13.5. The Labute approximate surface area is 169 Å². The molecule has 1 unspecified atom stereocenters. The molecule has 0 aromatic heterocycles. The molecule has 1 aliphatic heterocycles. The first-order valence-corrected chi connectivity index (χ1v) is 9.11. The Balaban J connectivity index is 1.87. The number of rotatable bonds is 5. The van der Waals surface area contributed by atoms with E-state index in [1.54, 1.807) is 24.3 Å². The number of hydrogen-bond acceptors (Lipinski definition) is 4. The van der Waals surface area contributed by atoms with Crippen LogP contribution in [0.3, 0.4) is 0 Å². The number of halogens is 2. The standard InChI is InChI=1S/C17H16B3Cl2NO4/c18-17(19,20)27-9-3-1-8(2-4-9)12(24)7-16(26)13-10(21)5-6-11(22)14(13)23-15(16)25/h1-6,26H,7,18-20H2,(H,23,25). The van der Waals surface area contributed by atoms with E-state index in [2.05, 4.69) is 5.32 Å². The van der Waals surface area contributed by atoms with Crippen LogP contribution in [0.4, 0.5) is 5.69 Å². The first kappa shape index (κ1) is 19.9. The minimum atomic E-state index is -2.07. The Bertz CT molecular complexity index is 931. The lowest BCUT2D eigenvalue weighted by atomic mass is 9.52. The minimum absolute atomic E-state index is 0.128. The van der Waals surface area contributed by atoms with E-state index in [1.165, 1.54) is 12.1 Å². The van der Waals surface area contributed by atoms with Crippen molar-refractivity contribution in [2.24, 2.45) is 0 Å². The van der Waals surface area contributed by atoms with E-state index in [9.17, 15) is 14.7 Å². The fourth-order valence-electron chi connectivity index (χ4n) is 2.97. The maximum atomic E-state index is 12.7. The van der Waals surface area contributed by atoms with Gasteiger partial charge in [0, 0.05) is 21.4 Å². The lowest BCUT2D eigenvalue weighted by molar-refractivity contribution is -0.133. The number of Topliss-reactive ketones (excluding diaryl/α,β-unsaturated/α-hetero) is 1. The highest BCUT2D eigenvalue weighted by Crippen LogP contribution is 2.46. The maximum absolute atomic E-state index is 12.7. The Morgan fingerprint density at radius 1 is 1.11 bits per heavy atom. The van der Waals surface area contributed by atoms with Crippen LogP contribution in [0.1, 0.15) is 22.3 Å². The summed E-state index contributed by atoms with van der Waals surface area (Å²) < 4.78 is 5.73. The van der Waals surface area contributed by atoms with Gasteiger partial charge in [0.1, 0.15) is 29.3 Å². The number of anilines is 1. The number of carbonyl (C=O) groups is 2. The van der Waals surface area contributed by atoms with Crippen molar-refractivity contribution in [3.8, 4) is 5.75 Å². The zero-order valence-corrected chi connectivity index (χ0v) is 16.6. The molecule has 0 aliphatic carbocycles. The Kier molecular flexibility index (Phi) is 5.10. The van der Waals surface area contributed by atoms with Gasteiger partial charge in [-0.25, -0.2) is 0 Å². The second kappa shape index (κ2) is 6.93.